The predicted molar refractivity (Wildman–Crippen MR) is 125 cm³/mol. The Morgan fingerprint density at radius 1 is 1.20 bits per heavy atom. The molecule has 1 N–H and O–H groups in total. The standard InChI is InChI=1S/C23H34N4O2S/c1-24-23(25-17-19(22-8-7-15-30-22)27-12-5-6-13-27)26(2)14-11-18-9-10-20(28-3)21(16-18)29-4/h7-10,15-16,19H,5-6,11-14,17H2,1-4H3,(H,24,25). The molecule has 2 heterocycles. The minimum Gasteiger partial charge on any atom is -0.493 e. The number of nitrogens with zero attached hydrogens (tertiary/aromatic N) is 3. The number of nitrogens with one attached hydrogen (secondary N) is 1. The van der Waals surface area contributed by atoms with E-state index in [-0.39, 0.29) is 0 Å². The first-order valence-electron chi connectivity index (χ1n) is 10.6. The van der Waals surface area contributed by atoms with Crippen molar-refractivity contribution in [2.45, 2.75) is 25.3 Å². The molecule has 0 amide bonds. The number of aliphatic imine (C=N–C) groups is 1. The predicted octanol–water partition coefficient (Wildman–Crippen LogP) is 3.65. The van der Waals surface area contributed by atoms with Gasteiger partial charge in [0.25, 0.3) is 0 Å². The van der Waals surface area contributed by atoms with Crippen molar-refractivity contribution < 1.29 is 9.47 Å². The van der Waals surface area contributed by atoms with E-state index in [9.17, 15) is 0 Å². The van der Waals surface area contributed by atoms with Gasteiger partial charge in [-0.3, -0.25) is 9.89 Å². The highest BCUT2D eigenvalue weighted by molar-refractivity contribution is 7.10. The molecule has 1 aromatic carbocycles. The van der Waals surface area contributed by atoms with E-state index in [1.54, 1.807) is 14.2 Å². The summed E-state index contributed by atoms with van der Waals surface area (Å²) in [7, 11) is 7.27. The minimum absolute atomic E-state index is 0.406. The number of hydrogen-bond donors (Lipinski definition) is 1. The summed E-state index contributed by atoms with van der Waals surface area (Å²) in [5, 5.41) is 5.78. The minimum atomic E-state index is 0.406. The van der Waals surface area contributed by atoms with Crippen molar-refractivity contribution in [1.29, 1.82) is 0 Å². The zero-order valence-corrected chi connectivity index (χ0v) is 19.4. The van der Waals surface area contributed by atoms with E-state index in [0.29, 0.717) is 6.04 Å². The Morgan fingerprint density at radius 3 is 2.60 bits per heavy atom. The van der Waals surface area contributed by atoms with Crippen LogP contribution in [0.25, 0.3) is 0 Å². The summed E-state index contributed by atoms with van der Waals surface area (Å²) in [4.78, 5) is 10.7. The van der Waals surface area contributed by atoms with Crippen molar-refractivity contribution in [1.82, 2.24) is 15.1 Å². The van der Waals surface area contributed by atoms with E-state index < -0.39 is 0 Å². The summed E-state index contributed by atoms with van der Waals surface area (Å²) in [5.74, 6) is 2.45. The van der Waals surface area contributed by atoms with Crippen molar-refractivity contribution >= 4 is 17.3 Å². The Kier molecular flexibility index (Phi) is 8.39. The molecule has 1 aromatic heterocycles. The van der Waals surface area contributed by atoms with Crippen molar-refractivity contribution in [2.75, 3.05) is 54.5 Å². The van der Waals surface area contributed by atoms with Gasteiger partial charge in [0.2, 0.25) is 0 Å². The summed E-state index contributed by atoms with van der Waals surface area (Å²) in [6, 6.07) is 10.9. The number of hydrogen-bond acceptors (Lipinski definition) is 5. The first kappa shape index (κ1) is 22.4. The Bertz CT molecular complexity index is 804. The summed E-state index contributed by atoms with van der Waals surface area (Å²) >= 11 is 1.84. The third kappa shape index (κ3) is 5.67. The lowest BCUT2D eigenvalue weighted by Gasteiger charge is -2.29. The van der Waals surface area contributed by atoms with Gasteiger partial charge in [-0.05, 0) is 61.5 Å². The number of ether oxygens (including phenoxy) is 2. The highest BCUT2D eigenvalue weighted by Gasteiger charge is 2.24. The third-order valence-electron chi connectivity index (χ3n) is 5.66. The lowest BCUT2D eigenvalue weighted by atomic mass is 10.1. The van der Waals surface area contributed by atoms with Crippen LogP contribution in [-0.2, 0) is 6.42 Å². The summed E-state index contributed by atoms with van der Waals surface area (Å²) in [5.41, 5.74) is 1.21. The van der Waals surface area contributed by atoms with Crippen LogP contribution in [0.4, 0.5) is 0 Å². The Labute approximate surface area is 184 Å². The van der Waals surface area contributed by atoms with Crippen LogP contribution >= 0.6 is 11.3 Å². The molecular formula is C23H34N4O2S. The molecule has 7 heteroatoms. The summed E-state index contributed by atoms with van der Waals surface area (Å²) in [6.07, 6.45) is 3.49. The molecule has 0 saturated carbocycles. The topological polar surface area (TPSA) is 49.3 Å². The largest absolute Gasteiger partial charge is 0.493 e. The maximum atomic E-state index is 5.42. The van der Waals surface area contributed by atoms with Gasteiger partial charge in [-0.2, -0.15) is 0 Å². The average Bonchev–Trinajstić information content (AvgIpc) is 3.49. The lowest BCUT2D eigenvalue weighted by Crippen LogP contribution is -2.44. The fourth-order valence-electron chi connectivity index (χ4n) is 3.96. The number of rotatable bonds is 9. The van der Waals surface area contributed by atoms with Gasteiger partial charge in [0, 0.05) is 32.1 Å². The SMILES string of the molecule is CN=C(NCC(c1cccs1)N1CCCC1)N(C)CCc1ccc(OC)c(OC)c1. The first-order valence-corrected chi connectivity index (χ1v) is 11.4. The van der Waals surface area contributed by atoms with Crippen molar-refractivity contribution in [2.24, 2.45) is 4.99 Å². The molecule has 1 atom stereocenters. The van der Waals surface area contributed by atoms with Crippen LogP contribution in [0.5, 0.6) is 11.5 Å². The molecule has 1 aliphatic rings. The Hall–Kier alpha value is -2.25. The normalized spacial score (nSPS) is 15.8. The second-order valence-corrected chi connectivity index (χ2v) is 8.54. The molecule has 1 aliphatic heterocycles. The molecule has 1 unspecified atom stereocenters. The van der Waals surface area contributed by atoms with Crippen LogP contribution in [0.1, 0.15) is 29.3 Å². The van der Waals surface area contributed by atoms with E-state index in [4.69, 9.17) is 9.47 Å². The monoisotopic (exact) mass is 430 g/mol. The number of thiophene rings is 1. The van der Waals surface area contributed by atoms with Crippen LogP contribution in [0, 0.1) is 0 Å². The molecule has 30 heavy (non-hydrogen) atoms. The Morgan fingerprint density at radius 2 is 1.97 bits per heavy atom. The molecule has 0 spiro atoms. The average molecular weight is 431 g/mol. The molecule has 6 nitrogen and oxygen atoms in total. The first-order chi connectivity index (χ1) is 14.7. The van der Waals surface area contributed by atoms with E-state index in [2.05, 4.69) is 50.7 Å². The molecule has 1 saturated heterocycles. The highest BCUT2D eigenvalue weighted by Crippen LogP contribution is 2.29. The van der Waals surface area contributed by atoms with Crippen LogP contribution in [-0.4, -0.2) is 70.3 Å². The van der Waals surface area contributed by atoms with E-state index in [0.717, 1.165) is 37.0 Å². The number of likely N-dealkylation sites (N-methyl/N-ethyl adjacent to an activating group) is 1. The van der Waals surface area contributed by atoms with Crippen LogP contribution in [0.15, 0.2) is 40.7 Å². The molecule has 3 rings (SSSR count). The molecular weight excluding hydrogens is 396 g/mol. The second-order valence-electron chi connectivity index (χ2n) is 7.56. The van der Waals surface area contributed by atoms with Crippen LogP contribution < -0.4 is 14.8 Å². The van der Waals surface area contributed by atoms with Crippen LogP contribution in [0.3, 0.4) is 0 Å². The maximum Gasteiger partial charge on any atom is 0.193 e. The summed E-state index contributed by atoms with van der Waals surface area (Å²) in [6.45, 7) is 4.09. The van der Waals surface area contributed by atoms with Gasteiger partial charge in [-0.15, -0.1) is 11.3 Å². The van der Waals surface area contributed by atoms with Gasteiger partial charge < -0.3 is 19.7 Å². The van der Waals surface area contributed by atoms with Crippen molar-refractivity contribution in [3.63, 3.8) is 0 Å². The number of benzene rings is 1. The smallest absolute Gasteiger partial charge is 0.193 e. The zero-order chi connectivity index (χ0) is 21.3. The van der Waals surface area contributed by atoms with Gasteiger partial charge in [0.15, 0.2) is 17.5 Å². The molecule has 2 aromatic rings. The number of guanidine groups is 1. The quantitative estimate of drug-likeness (QED) is 0.486. The van der Waals surface area contributed by atoms with Gasteiger partial charge in [-0.1, -0.05) is 12.1 Å². The molecule has 1 fully saturated rings. The highest BCUT2D eigenvalue weighted by atomic mass is 32.1. The summed E-state index contributed by atoms with van der Waals surface area (Å²) < 4.78 is 10.8. The lowest BCUT2D eigenvalue weighted by molar-refractivity contribution is 0.247. The fourth-order valence-corrected chi connectivity index (χ4v) is 4.82. The van der Waals surface area contributed by atoms with Gasteiger partial charge in [0.05, 0.1) is 20.3 Å². The van der Waals surface area contributed by atoms with Gasteiger partial charge >= 0.3 is 0 Å². The number of methoxy groups -OCH3 is 2. The van der Waals surface area contributed by atoms with Gasteiger partial charge in [-0.25, -0.2) is 0 Å². The van der Waals surface area contributed by atoms with E-state index in [1.807, 2.05) is 30.5 Å². The van der Waals surface area contributed by atoms with E-state index >= 15 is 0 Å². The van der Waals surface area contributed by atoms with Crippen molar-refractivity contribution in [3.8, 4) is 11.5 Å². The second kappa shape index (κ2) is 11.2. The van der Waals surface area contributed by atoms with Crippen LogP contribution in [0.2, 0.25) is 0 Å². The Balaban J connectivity index is 1.57. The maximum absolute atomic E-state index is 5.42. The fraction of sp³-hybridized carbons (Fsp3) is 0.522. The zero-order valence-electron chi connectivity index (χ0n) is 18.6. The third-order valence-corrected chi connectivity index (χ3v) is 6.64. The molecule has 0 radical (unpaired) electrons. The molecule has 0 bridgehead atoms. The molecule has 164 valence electrons. The molecule has 0 aliphatic carbocycles. The van der Waals surface area contributed by atoms with Crippen molar-refractivity contribution in [3.05, 3.63) is 46.2 Å². The number of likely N-dealkylation sites (tertiary alicyclic amines) is 1. The van der Waals surface area contributed by atoms with E-state index in [1.165, 1.54) is 36.4 Å². The van der Waals surface area contributed by atoms with Gasteiger partial charge in [0.1, 0.15) is 0 Å².